The standard InChI is InChI=1S/C99H174O16P2/c1-4-7-10-13-16-19-22-25-27-29-31-33-35-37-39-41-43-45-46-48-50-51-53-55-57-59-61-63-65-68-70-73-76-79-82-85-97(102)109-88-94(100)89-111-116(105,106)112-90-95(101)91-113-117(107,108)114-93-96(115-99(104)87-84-81-78-75-72-67-24-21-18-15-12-9-6-3)92-110-98(103)86-83-80-77-74-71-69-66-64-62-60-58-56-54-52-49-47-44-42-40-38-36-34-32-30-28-26-23-20-17-14-11-8-5-2/h7-8,10-11,16-17,19-20,25-28,31-34,37-40,43,45,94-96,100-101H,4-6,9,12-15,18,21-24,29-30,35-36,41-42,44,46-93H2,1-3H3,(H,105,106)(H,107,108)/b10-7-,11-8-,19-16-,20-17-,27-25-,28-26-,33-31-,34-32-,39-37-,40-38-,45-43-. The summed E-state index contributed by atoms with van der Waals surface area (Å²) >= 11 is 0. The van der Waals surface area contributed by atoms with Crippen LogP contribution >= 0.6 is 15.6 Å². The van der Waals surface area contributed by atoms with Gasteiger partial charge in [-0.15, -0.1) is 0 Å². The number of aliphatic hydroxyl groups excluding tert-OH is 2. The van der Waals surface area contributed by atoms with Crippen LogP contribution in [0, 0.1) is 0 Å². The number of unbranched alkanes of at least 4 members (excludes halogenated alkanes) is 45. The van der Waals surface area contributed by atoms with Gasteiger partial charge >= 0.3 is 33.6 Å². The van der Waals surface area contributed by atoms with Gasteiger partial charge in [-0.25, -0.2) is 9.13 Å². The average molecular weight is 1680 g/mol. The number of esters is 3. The number of ether oxygens (including phenoxy) is 3. The summed E-state index contributed by atoms with van der Waals surface area (Å²) in [6, 6.07) is 0. The van der Waals surface area contributed by atoms with Gasteiger partial charge in [0.15, 0.2) is 6.10 Å². The molecule has 5 unspecified atom stereocenters. The van der Waals surface area contributed by atoms with E-state index < -0.39 is 91.5 Å². The summed E-state index contributed by atoms with van der Waals surface area (Å²) in [4.78, 5) is 58.9. The van der Waals surface area contributed by atoms with Gasteiger partial charge in [0.1, 0.15) is 25.4 Å². The Labute approximate surface area is 715 Å². The van der Waals surface area contributed by atoms with Gasteiger partial charge < -0.3 is 34.2 Å². The van der Waals surface area contributed by atoms with Gasteiger partial charge in [0.25, 0.3) is 0 Å². The molecule has 0 saturated carbocycles. The van der Waals surface area contributed by atoms with E-state index >= 15 is 0 Å². The van der Waals surface area contributed by atoms with Crippen LogP contribution in [0.15, 0.2) is 134 Å². The zero-order valence-electron chi connectivity index (χ0n) is 74.6. The smallest absolute Gasteiger partial charge is 0.463 e. The second kappa shape index (κ2) is 90.9. The Balaban J connectivity index is 4.36. The second-order valence-corrected chi connectivity index (χ2v) is 34.7. The summed E-state index contributed by atoms with van der Waals surface area (Å²) < 4.78 is 61.4. The molecule has 0 aromatic heterocycles. The van der Waals surface area contributed by atoms with Crippen LogP contribution in [-0.4, -0.2) is 95.9 Å². The van der Waals surface area contributed by atoms with E-state index in [0.717, 1.165) is 135 Å². The number of rotatable bonds is 90. The SMILES string of the molecule is CC/C=C\C/C=C\C/C=C\C/C=C\C/C=C\C/C=C\CCCCCCCCCCCCCCCCCCC(=O)OCC(O)COP(=O)(O)OCC(O)COP(=O)(O)OCC(COC(=O)CCCCCCCCCCCCCCCCCCC/C=C\C/C=C\C/C=C\C/C=C\C/C=C\CC)OC(=O)CCCCCCCCCCCCCCC. The van der Waals surface area contributed by atoms with Crippen molar-refractivity contribution in [1.82, 2.24) is 0 Å². The molecule has 676 valence electrons. The number of carbonyl (C=O) groups excluding carboxylic acids is 3. The zero-order valence-corrected chi connectivity index (χ0v) is 76.4. The summed E-state index contributed by atoms with van der Waals surface area (Å²) in [5, 5.41) is 20.7. The minimum absolute atomic E-state index is 0.110. The van der Waals surface area contributed by atoms with Crippen LogP contribution < -0.4 is 0 Å². The van der Waals surface area contributed by atoms with Gasteiger partial charge in [0.05, 0.1) is 26.4 Å². The van der Waals surface area contributed by atoms with Crippen molar-refractivity contribution >= 4 is 33.6 Å². The molecule has 0 heterocycles. The Bertz CT molecular complexity index is 2660. The average Bonchev–Trinajstić information content (AvgIpc) is 0.900. The third-order valence-electron chi connectivity index (χ3n) is 20.4. The van der Waals surface area contributed by atoms with Crippen molar-refractivity contribution in [3.8, 4) is 0 Å². The van der Waals surface area contributed by atoms with Gasteiger partial charge in [-0.1, -0.05) is 418 Å². The van der Waals surface area contributed by atoms with Gasteiger partial charge in [-0.05, 0) is 116 Å². The van der Waals surface area contributed by atoms with Crippen LogP contribution in [0.5, 0.6) is 0 Å². The first kappa shape index (κ1) is 113. The topological polar surface area (TPSA) is 231 Å². The van der Waals surface area contributed by atoms with Gasteiger partial charge in [0.2, 0.25) is 0 Å². The van der Waals surface area contributed by atoms with Crippen molar-refractivity contribution in [2.45, 2.75) is 437 Å². The lowest BCUT2D eigenvalue weighted by Gasteiger charge is -2.21. The quantitative estimate of drug-likeness (QED) is 0.0146. The summed E-state index contributed by atoms with van der Waals surface area (Å²) in [6.45, 7) is 2.53. The number of hydrogen-bond acceptors (Lipinski definition) is 14. The second-order valence-electron chi connectivity index (χ2n) is 31.8. The molecule has 18 heteroatoms. The normalized spacial score (nSPS) is 14.4. The van der Waals surface area contributed by atoms with Gasteiger partial charge in [-0.2, -0.15) is 0 Å². The summed E-state index contributed by atoms with van der Waals surface area (Å²) in [6.07, 6.45) is 114. The third-order valence-corrected chi connectivity index (χ3v) is 22.3. The first-order valence-corrected chi connectivity index (χ1v) is 50.5. The molecule has 0 saturated heterocycles. The Morgan fingerprint density at radius 1 is 0.248 bits per heavy atom. The molecule has 0 aliphatic carbocycles. The van der Waals surface area contributed by atoms with E-state index in [2.05, 4.69) is 154 Å². The largest absolute Gasteiger partial charge is 0.472 e. The first-order chi connectivity index (χ1) is 57.2. The predicted octanol–water partition coefficient (Wildman–Crippen LogP) is 29.3. The molecular weight excluding hydrogens is 1510 g/mol. The van der Waals surface area contributed by atoms with E-state index in [1.807, 2.05) is 0 Å². The molecule has 0 amide bonds. The Kier molecular flexibility index (Phi) is 87.6. The maximum atomic E-state index is 13.0. The van der Waals surface area contributed by atoms with Crippen LogP contribution in [0.4, 0.5) is 0 Å². The van der Waals surface area contributed by atoms with Gasteiger partial charge in [0, 0.05) is 19.3 Å². The van der Waals surface area contributed by atoms with Gasteiger partial charge in [-0.3, -0.25) is 32.5 Å². The molecule has 5 atom stereocenters. The lowest BCUT2D eigenvalue weighted by Crippen LogP contribution is -2.30. The Hall–Kier alpha value is -4.31. The molecule has 0 rings (SSSR count). The van der Waals surface area contributed by atoms with Crippen LogP contribution in [0.1, 0.15) is 419 Å². The third kappa shape index (κ3) is 92.3. The summed E-state index contributed by atoms with van der Waals surface area (Å²) in [7, 11) is -9.79. The number of hydrogen-bond donors (Lipinski definition) is 4. The lowest BCUT2D eigenvalue weighted by molar-refractivity contribution is -0.161. The molecule has 16 nitrogen and oxygen atoms in total. The maximum absolute atomic E-state index is 13.0. The monoisotopic (exact) mass is 1680 g/mol. The minimum atomic E-state index is -4.93. The molecule has 0 aromatic carbocycles. The molecule has 117 heavy (non-hydrogen) atoms. The molecule has 0 fully saturated rings. The molecule has 0 spiro atoms. The van der Waals surface area contributed by atoms with Crippen LogP contribution in [0.2, 0.25) is 0 Å². The molecule has 0 aliphatic rings. The highest BCUT2D eigenvalue weighted by atomic mass is 31.2. The number of phosphoric ester groups is 2. The molecule has 0 bridgehead atoms. The molecule has 0 aliphatic heterocycles. The summed E-state index contributed by atoms with van der Waals surface area (Å²) in [5.74, 6) is -1.55. The van der Waals surface area contributed by atoms with Crippen molar-refractivity contribution in [2.75, 3.05) is 39.6 Å². The van der Waals surface area contributed by atoms with E-state index in [-0.39, 0.29) is 19.3 Å². The van der Waals surface area contributed by atoms with E-state index in [1.165, 1.54) is 225 Å². The molecule has 0 radical (unpaired) electrons. The highest BCUT2D eigenvalue weighted by Crippen LogP contribution is 2.45. The van der Waals surface area contributed by atoms with E-state index in [9.17, 15) is 43.5 Å². The van der Waals surface area contributed by atoms with Crippen LogP contribution in [-0.2, 0) is 55.8 Å². The fourth-order valence-electron chi connectivity index (χ4n) is 13.3. The van der Waals surface area contributed by atoms with Crippen LogP contribution in [0.3, 0.4) is 0 Å². The van der Waals surface area contributed by atoms with E-state index in [1.54, 1.807) is 0 Å². The fraction of sp³-hybridized carbons (Fsp3) is 0.747. The van der Waals surface area contributed by atoms with E-state index in [0.29, 0.717) is 19.3 Å². The van der Waals surface area contributed by atoms with Crippen molar-refractivity contribution < 1.29 is 75.8 Å². The number of allylic oxidation sites excluding steroid dienone is 22. The highest BCUT2D eigenvalue weighted by Gasteiger charge is 2.30. The lowest BCUT2D eigenvalue weighted by atomic mass is 10.0. The number of aliphatic hydroxyl groups is 2. The molecule has 0 aromatic rings. The van der Waals surface area contributed by atoms with Crippen molar-refractivity contribution in [2.24, 2.45) is 0 Å². The fourth-order valence-corrected chi connectivity index (χ4v) is 14.8. The molecular formula is C99H174O16P2. The highest BCUT2D eigenvalue weighted by molar-refractivity contribution is 7.47. The minimum Gasteiger partial charge on any atom is -0.463 e. The van der Waals surface area contributed by atoms with Crippen molar-refractivity contribution in [3.63, 3.8) is 0 Å². The number of carbonyl (C=O) groups is 3. The first-order valence-electron chi connectivity index (χ1n) is 47.5. The van der Waals surface area contributed by atoms with Crippen molar-refractivity contribution in [1.29, 1.82) is 0 Å². The summed E-state index contributed by atoms with van der Waals surface area (Å²) in [5.41, 5.74) is 0. The number of phosphoric acid groups is 2. The van der Waals surface area contributed by atoms with Crippen LogP contribution in [0.25, 0.3) is 0 Å². The van der Waals surface area contributed by atoms with E-state index in [4.69, 9.17) is 32.3 Å². The Morgan fingerprint density at radius 3 is 0.718 bits per heavy atom. The Morgan fingerprint density at radius 2 is 0.453 bits per heavy atom. The maximum Gasteiger partial charge on any atom is 0.472 e. The predicted molar refractivity (Wildman–Crippen MR) is 491 cm³/mol. The molecule has 4 N–H and O–H groups in total. The van der Waals surface area contributed by atoms with Crippen molar-refractivity contribution in [3.05, 3.63) is 134 Å². The zero-order chi connectivity index (χ0) is 85.1.